The van der Waals surface area contributed by atoms with Crippen LogP contribution in [0.5, 0.6) is 0 Å². The van der Waals surface area contributed by atoms with E-state index in [4.69, 9.17) is 0 Å². The van der Waals surface area contributed by atoms with Gasteiger partial charge < -0.3 is 10.2 Å². The smallest absolute Gasteiger partial charge is 0.0632 e. The van der Waals surface area contributed by atoms with Gasteiger partial charge in [-0.15, -0.1) is 0 Å². The maximum atomic E-state index is 4.24. The first-order chi connectivity index (χ1) is 7.49. The van der Waals surface area contributed by atoms with Gasteiger partial charge in [0.25, 0.3) is 0 Å². The van der Waals surface area contributed by atoms with Gasteiger partial charge in [0.1, 0.15) is 0 Å². The van der Waals surface area contributed by atoms with Gasteiger partial charge in [-0.2, -0.15) is 5.10 Å². The molecule has 0 aliphatic carbocycles. The molecule has 0 aliphatic rings. The van der Waals surface area contributed by atoms with Crippen molar-refractivity contribution in [3.63, 3.8) is 0 Å². The van der Waals surface area contributed by atoms with Crippen molar-refractivity contribution in [2.75, 3.05) is 20.6 Å². The Balaban J connectivity index is 2.28. The Bertz CT molecular complexity index is 311. The number of halogens is 1. The fourth-order valence-electron chi connectivity index (χ4n) is 1.34. The molecule has 2 atom stereocenters. The van der Waals surface area contributed by atoms with Crippen molar-refractivity contribution in [1.29, 1.82) is 0 Å². The molecule has 0 radical (unpaired) electrons. The predicted octanol–water partition coefficient (Wildman–Crippen LogP) is 1.57. The van der Waals surface area contributed by atoms with Gasteiger partial charge in [0.15, 0.2) is 0 Å². The standard InChI is InChI=1S/C11H21BrN4/c1-9(13-5-10(2)15(3)4)7-16-8-11(12)6-14-16/h6,8-10,13H,5,7H2,1-4H3. The first-order valence-electron chi connectivity index (χ1n) is 5.57. The van der Waals surface area contributed by atoms with Crippen LogP contribution >= 0.6 is 15.9 Å². The Labute approximate surface area is 106 Å². The summed E-state index contributed by atoms with van der Waals surface area (Å²) < 4.78 is 2.98. The molecular formula is C11H21BrN4. The predicted molar refractivity (Wildman–Crippen MR) is 70.5 cm³/mol. The summed E-state index contributed by atoms with van der Waals surface area (Å²) in [5.74, 6) is 0. The summed E-state index contributed by atoms with van der Waals surface area (Å²) in [6.07, 6.45) is 3.81. The molecule has 1 aromatic heterocycles. The van der Waals surface area contributed by atoms with E-state index in [0.29, 0.717) is 12.1 Å². The van der Waals surface area contributed by atoms with Gasteiger partial charge >= 0.3 is 0 Å². The molecule has 5 heteroatoms. The van der Waals surface area contributed by atoms with Crippen molar-refractivity contribution in [3.05, 3.63) is 16.9 Å². The van der Waals surface area contributed by atoms with Gasteiger partial charge in [-0.25, -0.2) is 0 Å². The lowest BCUT2D eigenvalue weighted by molar-refractivity contribution is 0.289. The van der Waals surface area contributed by atoms with Crippen LogP contribution in [0.2, 0.25) is 0 Å². The summed E-state index contributed by atoms with van der Waals surface area (Å²) in [5, 5.41) is 7.74. The second-order valence-corrected chi connectivity index (χ2v) is 5.42. The highest BCUT2D eigenvalue weighted by Gasteiger charge is 2.08. The van der Waals surface area contributed by atoms with E-state index in [1.807, 2.05) is 17.1 Å². The molecule has 0 bridgehead atoms. The molecule has 0 fully saturated rings. The van der Waals surface area contributed by atoms with Gasteiger partial charge in [-0.1, -0.05) is 0 Å². The maximum absolute atomic E-state index is 4.24. The average Bonchev–Trinajstić information content (AvgIpc) is 2.60. The lowest BCUT2D eigenvalue weighted by Gasteiger charge is -2.22. The van der Waals surface area contributed by atoms with Crippen molar-refractivity contribution < 1.29 is 0 Å². The van der Waals surface area contributed by atoms with E-state index in [2.05, 4.69) is 59.2 Å². The molecule has 1 N–H and O–H groups in total. The second-order valence-electron chi connectivity index (χ2n) is 4.50. The molecule has 0 aromatic carbocycles. The maximum Gasteiger partial charge on any atom is 0.0632 e. The van der Waals surface area contributed by atoms with Crippen LogP contribution in [0.4, 0.5) is 0 Å². The Morgan fingerprint density at radius 3 is 2.69 bits per heavy atom. The lowest BCUT2D eigenvalue weighted by atomic mass is 10.2. The number of nitrogens with zero attached hydrogens (tertiary/aromatic N) is 3. The number of hydrogen-bond acceptors (Lipinski definition) is 3. The Morgan fingerprint density at radius 2 is 2.19 bits per heavy atom. The van der Waals surface area contributed by atoms with Crippen molar-refractivity contribution in [2.24, 2.45) is 0 Å². The van der Waals surface area contributed by atoms with Crippen molar-refractivity contribution in [2.45, 2.75) is 32.5 Å². The van der Waals surface area contributed by atoms with E-state index >= 15 is 0 Å². The molecule has 1 rings (SSSR count). The molecule has 0 saturated carbocycles. The monoisotopic (exact) mass is 288 g/mol. The molecule has 4 nitrogen and oxygen atoms in total. The zero-order chi connectivity index (χ0) is 12.1. The molecule has 0 saturated heterocycles. The minimum atomic E-state index is 0.425. The van der Waals surface area contributed by atoms with E-state index < -0.39 is 0 Å². The Kier molecular flexibility index (Phi) is 5.44. The molecular weight excluding hydrogens is 268 g/mol. The Hall–Kier alpha value is -0.390. The first-order valence-corrected chi connectivity index (χ1v) is 6.36. The average molecular weight is 289 g/mol. The Morgan fingerprint density at radius 1 is 1.50 bits per heavy atom. The largest absolute Gasteiger partial charge is 0.311 e. The summed E-state index contributed by atoms with van der Waals surface area (Å²) in [6, 6.07) is 0.973. The topological polar surface area (TPSA) is 33.1 Å². The molecule has 16 heavy (non-hydrogen) atoms. The van der Waals surface area contributed by atoms with Crippen LogP contribution in [0.3, 0.4) is 0 Å². The minimum absolute atomic E-state index is 0.425. The van der Waals surface area contributed by atoms with Crippen molar-refractivity contribution >= 4 is 15.9 Å². The van der Waals surface area contributed by atoms with Crippen LogP contribution in [0, 0.1) is 0 Å². The van der Waals surface area contributed by atoms with Gasteiger partial charge in [0, 0.05) is 24.8 Å². The zero-order valence-corrected chi connectivity index (χ0v) is 12.0. The number of rotatable bonds is 6. The van der Waals surface area contributed by atoms with Gasteiger partial charge in [0.05, 0.1) is 17.2 Å². The normalized spacial score (nSPS) is 15.4. The molecule has 0 amide bonds. The van der Waals surface area contributed by atoms with Crippen LogP contribution in [0.25, 0.3) is 0 Å². The summed E-state index contributed by atoms with van der Waals surface area (Å²) in [5.41, 5.74) is 0. The first kappa shape index (κ1) is 13.7. The third kappa shape index (κ3) is 4.63. The van der Waals surface area contributed by atoms with Crippen LogP contribution in [-0.4, -0.2) is 47.4 Å². The van der Waals surface area contributed by atoms with Crippen molar-refractivity contribution in [1.82, 2.24) is 20.0 Å². The number of aromatic nitrogens is 2. The summed E-state index contributed by atoms with van der Waals surface area (Å²) in [7, 11) is 4.20. The van der Waals surface area contributed by atoms with E-state index in [0.717, 1.165) is 17.6 Å². The van der Waals surface area contributed by atoms with Crippen LogP contribution in [0.1, 0.15) is 13.8 Å². The molecule has 2 unspecified atom stereocenters. The molecule has 1 heterocycles. The zero-order valence-electron chi connectivity index (χ0n) is 10.4. The third-order valence-corrected chi connectivity index (χ3v) is 3.12. The third-order valence-electron chi connectivity index (χ3n) is 2.71. The van der Waals surface area contributed by atoms with E-state index in [-0.39, 0.29) is 0 Å². The fourth-order valence-corrected chi connectivity index (χ4v) is 1.67. The highest BCUT2D eigenvalue weighted by molar-refractivity contribution is 9.10. The molecule has 1 aromatic rings. The van der Waals surface area contributed by atoms with E-state index in [9.17, 15) is 0 Å². The SMILES string of the molecule is CC(Cn1cc(Br)cn1)NCC(C)N(C)C. The van der Waals surface area contributed by atoms with Crippen LogP contribution < -0.4 is 5.32 Å². The molecule has 0 aliphatic heterocycles. The fraction of sp³-hybridized carbons (Fsp3) is 0.727. The second kappa shape index (κ2) is 6.37. The lowest BCUT2D eigenvalue weighted by Crippen LogP contribution is -2.40. The number of nitrogens with one attached hydrogen (secondary N) is 1. The van der Waals surface area contributed by atoms with Gasteiger partial charge in [-0.05, 0) is 43.9 Å². The van der Waals surface area contributed by atoms with Crippen molar-refractivity contribution in [3.8, 4) is 0 Å². The summed E-state index contributed by atoms with van der Waals surface area (Å²) in [6.45, 7) is 6.28. The summed E-state index contributed by atoms with van der Waals surface area (Å²) >= 11 is 3.39. The van der Waals surface area contributed by atoms with E-state index in [1.165, 1.54) is 0 Å². The van der Waals surface area contributed by atoms with Gasteiger partial charge in [0.2, 0.25) is 0 Å². The quantitative estimate of drug-likeness (QED) is 0.863. The highest BCUT2D eigenvalue weighted by atomic mass is 79.9. The number of likely N-dealkylation sites (N-methyl/N-ethyl adjacent to an activating group) is 1. The minimum Gasteiger partial charge on any atom is -0.311 e. The summed E-state index contributed by atoms with van der Waals surface area (Å²) in [4.78, 5) is 2.21. The van der Waals surface area contributed by atoms with Gasteiger partial charge in [-0.3, -0.25) is 4.68 Å². The number of hydrogen-bond donors (Lipinski definition) is 1. The molecule has 92 valence electrons. The van der Waals surface area contributed by atoms with E-state index in [1.54, 1.807) is 0 Å². The highest BCUT2D eigenvalue weighted by Crippen LogP contribution is 2.06. The van der Waals surface area contributed by atoms with Crippen LogP contribution in [0.15, 0.2) is 16.9 Å². The molecule has 0 spiro atoms. The van der Waals surface area contributed by atoms with Crippen LogP contribution in [-0.2, 0) is 6.54 Å².